The molecule has 0 bridgehead atoms. The number of nitrogens with one attached hydrogen (secondary N) is 1. The molecule has 2 heterocycles. The first kappa shape index (κ1) is 22.8. The third kappa shape index (κ3) is 4.43. The standard InChI is InChI=1S/C25H22IN3O4/c1-4-33-21-11-9-20(10-12-21)29-24(31)22(23(30)27-25(29)32)14-17-13-15(2)28(16(17)3)19-7-5-18(26)6-8-19/h5-14H,4H2,1-3H3,(H,27,30,32)/b22-14-. The van der Waals surface area contributed by atoms with E-state index in [9.17, 15) is 14.4 Å². The first-order valence-corrected chi connectivity index (χ1v) is 11.5. The molecule has 1 aromatic heterocycles. The summed E-state index contributed by atoms with van der Waals surface area (Å²) < 4.78 is 8.60. The fourth-order valence-corrected chi connectivity index (χ4v) is 4.19. The van der Waals surface area contributed by atoms with Gasteiger partial charge in [-0.2, -0.15) is 0 Å². The van der Waals surface area contributed by atoms with Crippen molar-refractivity contribution in [1.82, 2.24) is 9.88 Å². The lowest BCUT2D eigenvalue weighted by atomic mass is 10.1. The Balaban J connectivity index is 1.71. The van der Waals surface area contributed by atoms with Gasteiger partial charge in [-0.25, -0.2) is 9.69 Å². The van der Waals surface area contributed by atoms with Crippen LogP contribution in [0.4, 0.5) is 10.5 Å². The number of nitrogens with zero attached hydrogens (tertiary/aromatic N) is 2. The number of amides is 4. The first-order valence-electron chi connectivity index (χ1n) is 10.4. The molecule has 0 atom stereocenters. The Hall–Kier alpha value is -3.40. The van der Waals surface area contributed by atoms with Gasteiger partial charge in [0.15, 0.2) is 0 Å². The average Bonchev–Trinajstić information content (AvgIpc) is 3.06. The largest absolute Gasteiger partial charge is 0.494 e. The number of hydrogen-bond donors (Lipinski definition) is 1. The van der Waals surface area contributed by atoms with Crippen LogP contribution < -0.4 is 15.0 Å². The minimum atomic E-state index is -0.782. The van der Waals surface area contributed by atoms with E-state index in [1.165, 1.54) is 6.08 Å². The normalized spacial score (nSPS) is 15.2. The van der Waals surface area contributed by atoms with Crippen molar-refractivity contribution in [1.29, 1.82) is 0 Å². The van der Waals surface area contributed by atoms with E-state index in [-0.39, 0.29) is 5.57 Å². The molecule has 2 aromatic carbocycles. The number of barbiturate groups is 1. The molecule has 7 nitrogen and oxygen atoms in total. The van der Waals surface area contributed by atoms with Crippen LogP contribution in [0.25, 0.3) is 11.8 Å². The number of rotatable bonds is 5. The molecule has 1 aliphatic heterocycles. The van der Waals surface area contributed by atoms with Crippen LogP contribution in [0.1, 0.15) is 23.9 Å². The second-order valence-electron chi connectivity index (χ2n) is 7.52. The van der Waals surface area contributed by atoms with Crippen molar-refractivity contribution in [2.24, 2.45) is 0 Å². The topological polar surface area (TPSA) is 80.6 Å². The van der Waals surface area contributed by atoms with Gasteiger partial charge in [0.25, 0.3) is 11.8 Å². The van der Waals surface area contributed by atoms with E-state index < -0.39 is 17.8 Å². The molecule has 0 aliphatic carbocycles. The van der Waals surface area contributed by atoms with Crippen LogP contribution in [-0.2, 0) is 9.59 Å². The minimum absolute atomic E-state index is 0.105. The molecule has 0 spiro atoms. The van der Waals surface area contributed by atoms with E-state index in [0.717, 1.165) is 31.1 Å². The number of anilines is 1. The number of aromatic nitrogens is 1. The zero-order valence-electron chi connectivity index (χ0n) is 18.4. The smallest absolute Gasteiger partial charge is 0.335 e. The third-order valence-corrected chi connectivity index (χ3v) is 6.08. The monoisotopic (exact) mass is 555 g/mol. The number of hydrogen-bond acceptors (Lipinski definition) is 4. The predicted octanol–water partition coefficient (Wildman–Crippen LogP) is 4.76. The molecule has 4 rings (SSSR count). The zero-order chi connectivity index (χ0) is 23.7. The van der Waals surface area contributed by atoms with E-state index in [1.54, 1.807) is 24.3 Å². The summed E-state index contributed by atoms with van der Waals surface area (Å²) in [5.74, 6) is -0.765. The second-order valence-corrected chi connectivity index (χ2v) is 8.77. The fourth-order valence-electron chi connectivity index (χ4n) is 3.83. The molecule has 1 saturated heterocycles. The molecule has 0 saturated carbocycles. The molecule has 33 heavy (non-hydrogen) atoms. The van der Waals surface area contributed by atoms with Gasteiger partial charge in [0.1, 0.15) is 11.3 Å². The molecular formula is C25H22IN3O4. The number of benzene rings is 2. The summed E-state index contributed by atoms with van der Waals surface area (Å²) in [4.78, 5) is 39.2. The number of carbonyl (C=O) groups is 3. The highest BCUT2D eigenvalue weighted by Gasteiger charge is 2.37. The Bertz CT molecular complexity index is 1270. The maximum Gasteiger partial charge on any atom is 0.335 e. The zero-order valence-corrected chi connectivity index (χ0v) is 20.5. The van der Waals surface area contributed by atoms with E-state index in [0.29, 0.717) is 18.0 Å². The van der Waals surface area contributed by atoms with E-state index in [1.807, 2.05) is 51.1 Å². The molecule has 168 valence electrons. The van der Waals surface area contributed by atoms with E-state index >= 15 is 0 Å². The van der Waals surface area contributed by atoms with E-state index in [4.69, 9.17) is 4.74 Å². The first-order chi connectivity index (χ1) is 15.8. The number of urea groups is 1. The van der Waals surface area contributed by atoms with Crippen LogP contribution in [-0.4, -0.2) is 29.0 Å². The molecule has 8 heteroatoms. The Morgan fingerprint density at radius 1 is 0.970 bits per heavy atom. The summed E-state index contributed by atoms with van der Waals surface area (Å²) in [5, 5.41) is 2.27. The van der Waals surface area contributed by atoms with Crippen molar-refractivity contribution in [3.05, 3.63) is 80.7 Å². The lowest BCUT2D eigenvalue weighted by Gasteiger charge is -2.26. The molecular weight excluding hydrogens is 533 g/mol. The average molecular weight is 555 g/mol. The van der Waals surface area contributed by atoms with Gasteiger partial charge >= 0.3 is 6.03 Å². The van der Waals surface area contributed by atoms with Crippen LogP contribution in [0, 0.1) is 17.4 Å². The Morgan fingerprint density at radius 3 is 2.24 bits per heavy atom. The van der Waals surface area contributed by atoms with Crippen LogP contribution in [0.5, 0.6) is 5.75 Å². The SMILES string of the molecule is CCOc1ccc(N2C(=O)NC(=O)/C(=C/c3cc(C)n(-c4ccc(I)cc4)c3C)C2=O)cc1. The molecule has 1 aliphatic rings. The van der Waals surface area contributed by atoms with Crippen molar-refractivity contribution in [2.45, 2.75) is 20.8 Å². The Morgan fingerprint density at radius 2 is 1.61 bits per heavy atom. The fraction of sp³-hybridized carbons (Fsp3) is 0.160. The van der Waals surface area contributed by atoms with Gasteiger partial charge in [-0.15, -0.1) is 0 Å². The van der Waals surface area contributed by atoms with Gasteiger partial charge in [-0.05, 0) is 110 Å². The molecule has 0 radical (unpaired) electrons. The van der Waals surface area contributed by atoms with Gasteiger partial charge in [-0.3, -0.25) is 14.9 Å². The summed E-state index contributed by atoms with van der Waals surface area (Å²) in [5.41, 5.74) is 3.80. The van der Waals surface area contributed by atoms with Gasteiger partial charge in [0, 0.05) is 20.6 Å². The highest BCUT2D eigenvalue weighted by atomic mass is 127. The Labute approximate surface area is 205 Å². The van der Waals surface area contributed by atoms with Crippen LogP contribution in [0.15, 0.2) is 60.2 Å². The molecule has 0 unspecified atom stereocenters. The van der Waals surface area contributed by atoms with Crippen LogP contribution in [0.2, 0.25) is 0 Å². The van der Waals surface area contributed by atoms with Crippen molar-refractivity contribution in [3.8, 4) is 11.4 Å². The van der Waals surface area contributed by atoms with Crippen molar-refractivity contribution in [2.75, 3.05) is 11.5 Å². The van der Waals surface area contributed by atoms with Crippen molar-refractivity contribution >= 4 is 52.2 Å². The van der Waals surface area contributed by atoms with Crippen molar-refractivity contribution in [3.63, 3.8) is 0 Å². The van der Waals surface area contributed by atoms with Gasteiger partial charge in [-0.1, -0.05) is 0 Å². The number of carbonyl (C=O) groups excluding carboxylic acids is 3. The molecule has 1 N–H and O–H groups in total. The van der Waals surface area contributed by atoms with Crippen LogP contribution >= 0.6 is 22.6 Å². The lowest BCUT2D eigenvalue weighted by Crippen LogP contribution is -2.54. The summed E-state index contributed by atoms with van der Waals surface area (Å²) in [6.45, 7) is 6.27. The predicted molar refractivity (Wildman–Crippen MR) is 135 cm³/mol. The number of aryl methyl sites for hydroxylation is 1. The molecule has 3 aromatic rings. The summed E-state index contributed by atoms with van der Waals surface area (Å²) in [6.07, 6.45) is 1.54. The van der Waals surface area contributed by atoms with Gasteiger partial charge in [0.05, 0.1) is 12.3 Å². The number of ether oxygens (including phenoxy) is 1. The lowest BCUT2D eigenvalue weighted by molar-refractivity contribution is -0.122. The maximum absolute atomic E-state index is 13.2. The van der Waals surface area contributed by atoms with Gasteiger partial charge < -0.3 is 9.30 Å². The summed E-state index contributed by atoms with van der Waals surface area (Å²) >= 11 is 2.25. The number of halogens is 1. The van der Waals surface area contributed by atoms with Gasteiger partial charge in [0.2, 0.25) is 0 Å². The summed E-state index contributed by atoms with van der Waals surface area (Å²) in [6, 6.07) is 15.8. The summed E-state index contributed by atoms with van der Waals surface area (Å²) in [7, 11) is 0. The van der Waals surface area contributed by atoms with Crippen molar-refractivity contribution < 1.29 is 19.1 Å². The minimum Gasteiger partial charge on any atom is -0.494 e. The third-order valence-electron chi connectivity index (χ3n) is 5.36. The molecule has 1 fully saturated rings. The molecule has 4 amide bonds. The van der Waals surface area contributed by atoms with Crippen LogP contribution in [0.3, 0.4) is 0 Å². The van der Waals surface area contributed by atoms with E-state index in [2.05, 4.69) is 32.5 Å². The Kier molecular flexibility index (Phi) is 6.37. The second kappa shape index (κ2) is 9.22. The maximum atomic E-state index is 13.2. The quantitative estimate of drug-likeness (QED) is 0.280. The number of imide groups is 2. The highest BCUT2D eigenvalue weighted by molar-refractivity contribution is 14.1. The highest BCUT2D eigenvalue weighted by Crippen LogP contribution is 2.27.